The van der Waals surface area contributed by atoms with Crippen LogP contribution in [0.5, 0.6) is 0 Å². The Kier molecular flexibility index (Phi) is 5.06. The molecule has 0 spiro atoms. The van der Waals surface area contributed by atoms with Crippen molar-refractivity contribution >= 4 is 0 Å². The van der Waals surface area contributed by atoms with E-state index >= 15 is 0 Å². The average Bonchev–Trinajstić information content (AvgIpc) is 1.82. The average molecular weight is 244 g/mol. The molecule has 0 amide bonds. The molecule has 0 heterocycles. The second kappa shape index (κ2) is 4.98. The molecule has 0 saturated heterocycles. The van der Waals surface area contributed by atoms with E-state index in [0.29, 0.717) is 0 Å². The third-order valence-corrected chi connectivity index (χ3v) is 2.71. The molecule has 9 heavy (non-hydrogen) atoms. The summed E-state index contributed by atoms with van der Waals surface area (Å²) in [6.07, 6.45) is 0. The molecule has 5 heteroatoms. The van der Waals surface area contributed by atoms with Crippen molar-refractivity contribution in [1.29, 1.82) is 0 Å². The molecule has 0 aromatic rings. The topological polar surface area (TPSA) is 54.9 Å². The summed E-state index contributed by atoms with van der Waals surface area (Å²) in [7, 11) is 0. The molecular weight excluding hydrogens is 231 g/mol. The Morgan fingerprint density at radius 2 is 2.33 bits per heavy atom. The van der Waals surface area contributed by atoms with Crippen LogP contribution >= 0.6 is 0 Å². The van der Waals surface area contributed by atoms with Crippen molar-refractivity contribution in [3.8, 4) is 0 Å². The zero-order chi connectivity index (χ0) is 7.28. The summed E-state index contributed by atoms with van der Waals surface area (Å²) in [5.74, 6) is 3.43. The molecule has 0 aromatic carbocycles. The fraction of sp³-hybridized carbons (Fsp3) is 0.500. The minimum atomic E-state index is 0.0150. The molecule has 0 radical (unpaired) electrons. The molecule has 0 fully saturated rings. The van der Waals surface area contributed by atoms with Gasteiger partial charge in [-0.15, -0.1) is 0 Å². The van der Waals surface area contributed by atoms with Gasteiger partial charge in [0.2, 0.25) is 0 Å². The molecule has 0 rings (SSSR count). The van der Waals surface area contributed by atoms with Gasteiger partial charge < -0.3 is 0 Å². The fourth-order valence-corrected chi connectivity index (χ4v) is 1.59. The van der Waals surface area contributed by atoms with Gasteiger partial charge in [-0.25, -0.2) is 0 Å². The first-order valence-corrected chi connectivity index (χ1v) is 5.57. The van der Waals surface area contributed by atoms with Crippen LogP contribution in [0.3, 0.4) is 0 Å². The summed E-state index contributed by atoms with van der Waals surface area (Å²) >= 11 is 0.0150. The minimum absolute atomic E-state index is 0.0150. The summed E-state index contributed by atoms with van der Waals surface area (Å²) in [5, 5.41) is 0. The normalized spacial score (nSPS) is 9.67. The maximum atomic E-state index is 3.77. The molecule has 0 unspecified atom stereocenters. The van der Waals surface area contributed by atoms with Gasteiger partial charge in [-0.3, -0.25) is 0 Å². The Bertz CT molecular complexity index is 94.6. The number of allylic oxidation sites excluding steroid dienone is 1. The number of nitrogens with zero attached hydrogens (tertiary/aromatic N) is 1. The zero-order valence-electron chi connectivity index (χ0n) is 5.74. The molecule has 5 N–H and O–H groups in total. The van der Waals surface area contributed by atoms with E-state index in [4.69, 9.17) is 0 Å². The molecule has 0 aliphatic heterocycles. The number of halogens is 1. The molecule has 0 bridgehead atoms. The quantitative estimate of drug-likeness (QED) is 0.203. The molecular formula is C4H13IN4. The summed E-state index contributed by atoms with van der Waals surface area (Å²) in [4.78, 5) is 2.14. The van der Waals surface area contributed by atoms with Crippen LogP contribution in [0.2, 0.25) is 0 Å². The Balaban J connectivity index is 3.54. The first-order chi connectivity index (χ1) is 4.22. The van der Waals surface area contributed by atoms with E-state index in [2.05, 4.69) is 28.4 Å². The maximum absolute atomic E-state index is 3.77. The number of hydrogen-bond donors (Lipinski definition) is 3. The van der Waals surface area contributed by atoms with Crippen LogP contribution in [-0.4, -0.2) is 8.15 Å². The van der Waals surface area contributed by atoms with Crippen molar-refractivity contribution in [2.24, 2.45) is 0 Å². The van der Waals surface area contributed by atoms with Gasteiger partial charge in [0.1, 0.15) is 0 Å². The van der Waals surface area contributed by atoms with Gasteiger partial charge in [-0.2, -0.15) is 0 Å². The summed E-state index contributed by atoms with van der Waals surface area (Å²) in [5.41, 5.74) is 6.46. The van der Waals surface area contributed by atoms with Gasteiger partial charge in [0.15, 0.2) is 0 Å². The molecule has 0 saturated carbocycles. The second-order valence-electron chi connectivity index (χ2n) is 1.47. The van der Waals surface area contributed by atoms with Crippen LogP contribution in [-0.2, 0) is 0 Å². The van der Waals surface area contributed by atoms with E-state index in [1.54, 1.807) is 0 Å². The Morgan fingerprint density at radius 1 is 1.78 bits per heavy atom. The molecule has 0 aliphatic carbocycles. The number of alkyl halides is 1. The van der Waals surface area contributed by atoms with Gasteiger partial charge in [0, 0.05) is 0 Å². The van der Waals surface area contributed by atoms with E-state index in [1.165, 1.54) is 0 Å². The summed E-state index contributed by atoms with van der Waals surface area (Å²) in [6.45, 7) is 5.72. The van der Waals surface area contributed by atoms with Gasteiger partial charge in [-0.05, 0) is 0 Å². The third kappa shape index (κ3) is 3.68. The Morgan fingerprint density at radius 3 is 2.44 bits per heavy atom. The number of hydrazine groups is 2. The van der Waals surface area contributed by atoms with Gasteiger partial charge >= 0.3 is 65.7 Å². The van der Waals surface area contributed by atoms with E-state index in [1.807, 2.05) is 10.1 Å². The molecule has 0 aromatic heterocycles. The monoisotopic (exact) mass is 244 g/mol. The van der Waals surface area contributed by atoms with E-state index in [9.17, 15) is 0 Å². The zero-order valence-corrected chi connectivity index (χ0v) is 7.90. The first kappa shape index (κ1) is 9.15. The third-order valence-electron chi connectivity index (χ3n) is 0.681. The van der Waals surface area contributed by atoms with E-state index < -0.39 is 0 Å². The van der Waals surface area contributed by atoms with Crippen molar-refractivity contribution in [3.05, 3.63) is 12.3 Å². The van der Waals surface area contributed by atoms with Crippen molar-refractivity contribution in [1.82, 2.24) is 14.3 Å². The van der Waals surface area contributed by atoms with Crippen LogP contribution in [0.4, 0.5) is 0 Å². The van der Waals surface area contributed by atoms with Crippen molar-refractivity contribution in [2.75, 3.05) is 4.93 Å². The second-order valence-corrected chi connectivity index (χ2v) is 3.40. The SMILES string of the molecule is C=C(C)N(NN[NH3+])[I-]C. The number of hydrogen-bond acceptors (Lipinski definition) is 3. The molecule has 0 atom stereocenters. The Hall–Kier alpha value is 0.150. The predicted octanol–water partition coefficient (Wildman–Crippen LogP) is -4.38. The Labute approximate surface area is 66.0 Å². The van der Waals surface area contributed by atoms with E-state index in [0.717, 1.165) is 5.70 Å². The summed E-state index contributed by atoms with van der Waals surface area (Å²) in [6, 6.07) is 0. The number of quaternary nitrogens is 1. The van der Waals surface area contributed by atoms with Gasteiger partial charge in [0.05, 0.1) is 0 Å². The summed E-state index contributed by atoms with van der Waals surface area (Å²) < 4.78 is 1.96. The van der Waals surface area contributed by atoms with Crippen LogP contribution in [0.15, 0.2) is 12.3 Å². The molecule has 0 aliphatic rings. The first-order valence-electron chi connectivity index (χ1n) is 2.45. The van der Waals surface area contributed by atoms with Crippen LogP contribution < -0.4 is 38.4 Å². The van der Waals surface area contributed by atoms with Gasteiger partial charge in [-0.1, -0.05) is 0 Å². The number of rotatable bonds is 4. The molecule has 4 nitrogen and oxygen atoms in total. The van der Waals surface area contributed by atoms with Gasteiger partial charge in [0.25, 0.3) is 0 Å². The van der Waals surface area contributed by atoms with E-state index in [-0.39, 0.29) is 21.5 Å². The van der Waals surface area contributed by atoms with Crippen molar-refractivity contribution < 1.29 is 27.3 Å². The van der Waals surface area contributed by atoms with Crippen LogP contribution in [0.25, 0.3) is 0 Å². The molecule has 56 valence electrons. The standard InChI is InChI=1S/C4H12IN4/c1-4(2)9(5-3)8-7-6/h7-8H,1,6H2,2-3H3/q-1/p+1. The number of nitrogens with one attached hydrogen (secondary N) is 2. The fourth-order valence-electron chi connectivity index (χ4n) is 0.351. The predicted molar refractivity (Wildman–Crippen MR) is 31.7 cm³/mol. The van der Waals surface area contributed by atoms with Crippen molar-refractivity contribution in [3.63, 3.8) is 0 Å². The van der Waals surface area contributed by atoms with Crippen LogP contribution in [0, 0.1) is 0 Å². The van der Waals surface area contributed by atoms with Crippen molar-refractivity contribution in [2.45, 2.75) is 6.92 Å². The van der Waals surface area contributed by atoms with Crippen LogP contribution in [0.1, 0.15) is 6.92 Å².